The maximum atomic E-state index is 6.03. The largest absolute Gasteiger partial charge is 0.335 e. The van der Waals surface area contributed by atoms with Crippen LogP contribution in [-0.2, 0) is 0 Å². The number of halogens is 1. The van der Waals surface area contributed by atoms with E-state index in [0.29, 0.717) is 5.02 Å². The topological polar surface area (TPSA) is 49.8 Å². The van der Waals surface area contributed by atoms with Crippen LogP contribution in [0.4, 0.5) is 23.0 Å². The summed E-state index contributed by atoms with van der Waals surface area (Å²) in [4.78, 5) is 9.34. The lowest BCUT2D eigenvalue weighted by atomic mass is 10.1. The molecule has 0 unspecified atom stereocenters. The molecule has 2 N–H and O–H groups in total. The molecular weight excluding hydrogens is 284 g/mol. The van der Waals surface area contributed by atoms with E-state index < -0.39 is 0 Å². The van der Waals surface area contributed by atoms with Gasteiger partial charge in [-0.2, -0.15) is 0 Å². The monoisotopic (exact) mass is 296 g/mol. The first-order valence-electron chi connectivity index (χ1n) is 6.73. The number of hydrogen-bond donors (Lipinski definition) is 2. The highest BCUT2D eigenvalue weighted by molar-refractivity contribution is 6.31. The Balaban J connectivity index is 1.89. The molecule has 104 valence electrons. The standard InChI is InChI=1S/C16H13ClN4/c1-8-5-12-13(6-9(8)2)20-16-15(19-12)18-11-4-3-10(17)7-14(11)21-16/h3-7H,1-2H3,(H,18,19)(H,20,21). The van der Waals surface area contributed by atoms with E-state index in [2.05, 4.69) is 46.6 Å². The lowest BCUT2D eigenvalue weighted by molar-refractivity contribution is 1.23. The molecule has 2 heterocycles. The average Bonchev–Trinajstić information content (AvgIpc) is 2.45. The van der Waals surface area contributed by atoms with E-state index in [4.69, 9.17) is 11.6 Å². The molecule has 2 aromatic carbocycles. The van der Waals surface area contributed by atoms with Gasteiger partial charge in [0.2, 0.25) is 0 Å². The van der Waals surface area contributed by atoms with Crippen molar-refractivity contribution < 1.29 is 0 Å². The molecule has 0 aliphatic carbocycles. The van der Waals surface area contributed by atoms with Gasteiger partial charge in [0.25, 0.3) is 0 Å². The number of nitrogens with zero attached hydrogens (tertiary/aromatic N) is 2. The first kappa shape index (κ1) is 12.4. The highest BCUT2D eigenvalue weighted by Gasteiger charge is 2.18. The summed E-state index contributed by atoms with van der Waals surface area (Å²) in [7, 11) is 0. The molecule has 3 aromatic rings. The number of rotatable bonds is 0. The van der Waals surface area contributed by atoms with Crippen LogP contribution in [0.25, 0.3) is 11.0 Å². The normalized spacial score (nSPS) is 12.3. The zero-order valence-electron chi connectivity index (χ0n) is 11.7. The molecule has 4 nitrogen and oxygen atoms in total. The highest BCUT2D eigenvalue weighted by atomic mass is 35.5. The minimum absolute atomic E-state index is 0.687. The number of aromatic nitrogens is 2. The molecule has 0 atom stereocenters. The van der Waals surface area contributed by atoms with Crippen molar-refractivity contribution >= 4 is 45.6 Å². The maximum absolute atomic E-state index is 6.03. The summed E-state index contributed by atoms with van der Waals surface area (Å²) in [5.41, 5.74) is 6.06. The zero-order valence-corrected chi connectivity index (χ0v) is 12.4. The molecule has 1 aromatic heterocycles. The van der Waals surface area contributed by atoms with Crippen molar-refractivity contribution in [1.82, 2.24) is 9.97 Å². The number of aryl methyl sites for hydroxylation is 2. The van der Waals surface area contributed by atoms with Gasteiger partial charge < -0.3 is 10.6 Å². The van der Waals surface area contributed by atoms with Gasteiger partial charge in [-0.15, -0.1) is 0 Å². The Morgan fingerprint density at radius 1 is 0.810 bits per heavy atom. The first-order valence-corrected chi connectivity index (χ1v) is 7.10. The van der Waals surface area contributed by atoms with Crippen LogP contribution in [0.2, 0.25) is 5.02 Å². The summed E-state index contributed by atoms with van der Waals surface area (Å²) in [5, 5.41) is 7.27. The van der Waals surface area contributed by atoms with E-state index in [1.807, 2.05) is 18.2 Å². The lowest BCUT2D eigenvalue weighted by Crippen LogP contribution is -2.10. The SMILES string of the molecule is Cc1cc2nc3c(nc2cc1C)Nc1cc(Cl)ccc1N3. The maximum Gasteiger partial charge on any atom is 0.174 e. The third kappa shape index (κ3) is 1.99. The number of nitrogens with one attached hydrogen (secondary N) is 2. The van der Waals surface area contributed by atoms with Gasteiger partial charge in [0.1, 0.15) is 0 Å². The minimum Gasteiger partial charge on any atom is -0.335 e. The fourth-order valence-corrected chi connectivity index (χ4v) is 2.64. The van der Waals surface area contributed by atoms with Crippen LogP contribution < -0.4 is 10.6 Å². The van der Waals surface area contributed by atoms with Crippen LogP contribution in [-0.4, -0.2) is 9.97 Å². The van der Waals surface area contributed by atoms with Crippen LogP contribution >= 0.6 is 11.6 Å². The van der Waals surface area contributed by atoms with Crippen molar-refractivity contribution in [2.45, 2.75) is 13.8 Å². The van der Waals surface area contributed by atoms with Crippen LogP contribution in [0.3, 0.4) is 0 Å². The second-order valence-electron chi connectivity index (χ2n) is 5.29. The molecule has 0 saturated heterocycles. The predicted octanol–water partition coefficient (Wildman–Crippen LogP) is 4.70. The molecule has 0 bridgehead atoms. The number of anilines is 4. The Kier molecular flexibility index (Phi) is 2.56. The van der Waals surface area contributed by atoms with Gasteiger partial charge in [-0.1, -0.05) is 11.6 Å². The van der Waals surface area contributed by atoms with E-state index in [0.717, 1.165) is 34.0 Å². The smallest absolute Gasteiger partial charge is 0.174 e. The van der Waals surface area contributed by atoms with Crippen molar-refractivity contribution in [3.05, 3.63) is 46.5 Å². The summed E-state index contributed by atoms with van der Waals surface area (Å²) in [6.07, 6.45) is 0. The molecule has 0 radical (unpaired) electrons. The lowest BCUT2D eigenvalue weighted by Gasteiger charge is -2.21. The Bertz CT molecular complexity index is 889. The van der Waals surface area contributed by atoms with E-state index in [9.17, 15) is 0 Å². The van der Waals surface area contributed by atoms with Crippen molar-refractivity contribution in [3.63, 3.8) is 0 Å². The summed E-state index contributed by atoms with van der Waals surface area (Å²) >= 11 is 6.03. The second-order valence-corrected chi connectivity index (χ2v) is 5.72. The molecule has 0 amide bonds. The van der Waals surface area contributed by atoms with Crippen LogP contribution in [0, 0.1) is 13.8 Å². The summed E-state index contributed by atoms with van der Waals surface area (Å²) in [6.45, 7) is 4.16. The Morgan fingerprint density at radius 2 is 1.38 bits per heavy atom. The first-order chi connectivity index (χ1) is 10.1. The number of benzene rings is 2. The van der Waals surface area contributed by atoms with E-state index in [1.165, 1.54) is 11.1 Å². The molecule has 0 spiro atoms. The zero-order chi connectivity index (χ0) is 14.6. The van der Waals surface area contributed by atoms with Gasteiger partial charge in [-0.25, -0.2) is 9.97 Å². The van der Waals surface area contributed by atoms with Crippen LogP contribution in [0.5, 0.6) is 0 Å². The van der Waals surface area contributed by atoms with Gasteiger partial charge in [0.05, 0.1) is 22.4 Å². The predicted molar refractivity (Wildman–Crippen MR) is 87.0 cm³/mol. The second kappa shape index (κ2) is 4.33. The van der Waals surface area contributed by atoms with E-state index in [1.54, 1.807) is 0 Å². The molecule has 1 aliphatic heterocycles. The van der Waals surface area contributed by atoms with Crippen LogP contribution in [0.15, 0.2) is 30.3 Å². The van der Waals surface area contributed by atoms with Crippen LogP contribution in [0.1, 0.15) is 11.1 Å². The third-order valence-corrected chi connectivity index (χ3v) is 4.00. The molecule has 0 saturated carbocycles. The summed E-state index contributed by atoms with van der Waals surface area (Å²) in [6, 6.07) is 9.78. The Morgan fingerprint density at radius 3 is 2.00 bits per heavy atom. The van der Waals surface area contributed by atoms with Gasteiger partial charge >= 0.3 is 0 Å². The van der Waals surface area contributed by atoms with Crippen molar-refractivity contribution in [3.8, 4) is 0 Å². The minimum atomic E-state index is 0.687. The molecule has 1 aliphatic rings. The van der Waals surface area contributed by atoms with Gasteiger partial charge in [-0.3, -0.25) is 0 Å². The van der Waals surface area contributed by atoms with E-state index in [-0.39, 0.29) is 0 Å². The summed E-state index contributed by atoms with van der Waals surface area (Å²) in [5.74, 6) is 1.46. The van der Waals surface area contributed by atoms with Gasteiger partial charge in [0, 0.05) is 5.02 Å². The van der Waals surface area contributed by atoms with Crippen molar-refractivity contribution in [1.29, 1.82) is 0 Å². The van der Waals surface area contributed by atoms with E-state index >= 15 is 0 Å². The fraction of sp³-hybridized carbons (Fsp3) is 0.125. The fourth-order valence-electron chi connectivity index (χ4n) is 2.47. The highest BCUT2D eigenvalue weighted by Crippen LogP contribution is 2.38. The molecule has 5 heteroatoms. The molecule has 21 heavy (non-hydrogen) atoms. The van der Waals surface area contributed by atoms with Gasteiger partial charge in [-0.05, 0) is 55.3 Å². The summed E-state index contributed by atoms with van der Waals surface area (Å²) < 4.78 is 0. The molecule has 0 fully saturated rings. The molecular formula is C16H13ClN4. The van der Waals surface area contributed by atoms with Gasteiger partial charge in [0.15, 0.2) is 11.6 Å². The number of hydrogen-bond acceptors (Lipinski definition) is 4. The van der Waals surface area contributed by atoms with Crippen molar-refractivity contribution in [2.75, 3.05) is 10.6 Å². The average molecular weight is 297 g/mol. The number of fused-ring (bicyclic) bond motifs is 3. The third-order valence-electron chi connectivity index (χ3n) is 3.77. The Hall–Kier alpha value is -2.33. The Labute approximate surface area is 127 Å². The van der Waals surface area contributed by atoms with Crippen molar-refractivity contribution in [2.24, 2.45) is 0 Å². The molecule has 4 rings (SSSR count). The quantitative estimate of drug-likeness (QED) is 0.494.